The lowest BCUT2D eigenvalue weighted by atomic mass is 10.2. The highest BCUT2D eigenvalue weighted by Crippen LogP contribution is 2.29. The fourth-order valence-corrected chi connectivity index (χ4v) is 3.42. The third-order valence-electron chi connectivity index (χ3n) is 5.02. The van der Waals surface area contributed by atoms with Crippen molar-refractivity contribution in [2.24, 2.45) is 0 Å². The molecule has 0 spiro atoms. The first kappa shape index (κ1) is 24.9. The SMILES string of the molecule is Cc1cnc(NC(=O)C(COC(C)CO)Oc2ncnc3c2cnn3-c2c(Cl)cccc2C#N)cn1. The van der Waals surface area contributed by atoms with Crippen molar-refractivity contribution in [1.82, 2.24) is 29.7 Å². The Kier molecular flexibility index (Phi) is 7.65. The molecule has 0 aliphatic carbocycles. The van der Waals surface area contributed by atoms with E-state index in [1.165, 1.54) is 29.6 Å². The minimum absolute atomic E-state index is 0.0622. The smallest absolute Gasteiger partial charge is 0.269 e. The van der Waals surface area contributed by atoms with Crippen LogP contribution < -0.4 is 10.1 Å². The van der Waals surface area contributed by atoms with Crippen LogP contribution in [0.4, 0.5) is 5.82 Å². The number of amides is 1. The number of fused-ring (bicyclic) bond motifs is 1. The number of rotatable bonds is 9. The number of hydrogen-bond acceptors (Lipinski definition) is 10. The number of para-hydroxylation sites is 1. The molecule has 0 fully saturated rings. The van der Waals surface area contributed by atoms with Crippen molar-refractivity contribution < 1.29 is 19.4 Å². The number of ether oxygens (including phenoxy) is 2. The number of aryl methyl sites for hydroxylation is 1. The van der Waals surface area contributed by atoms with E-state index in [2.05, 4.69) is 36.4 Å². The quantitative estimate of drug-likeness (QED) is 0.343. The third kappa shape index (κ3) is 5.38. The van der Waals surface area contributed by atoms with Gasteiger partial charge in [0.2, 0.25) is 12.0 Å². The highest BCUT2D eigenvalue weighted by molar-refractivity contribution is 6.32. The first-order valence-electron chi connectivity index (χ1n) is 10.8. The van der Waals surface area contributed by atoms with E-state index in [1.54, 1.807) is 32.0 Å². The van der Waals surface area contributed by atoms with Crippen LogP contribution in [0.25, 0.3) is 16.7 Å². The zero-order valence-corrected chi connectivity index (χ0v) is 20.0. The van der Waals surface area contributed by atoms with E-state index < -0.39 is 18.1 Å². The molecule has 0 saturated carbocycles. The minimum Gasteiger partial charge on any atom is -0.461 e. The predicted octanol–water partition coefficient (Wildman–Crippen LogP) is 2.22. The van der Waals surface area contributed by atoms with Gasteiger partial charge in [-0.25, -0.2) is 19.6 Å². The molecule has 0 aliphatic rings. The average Bonchev–Trinajstić information content (AvgIpc) is 3.31. The van der Waals surface area contributed by atoms with Gasteiger partial charge in [0.15, 0.2) is 11.5 Å². The van der Waals surface area contributed by atoms with E-state index in [9.17, 15) is 15.2 Å². The number of anilines is 1. The molecule has 184 valence electrons. The number of nitriles is 1. The van der Waals surface area contributed by atoms with Crippen molar-refractivity contribution in [3.05, 3.63) is 59.4 Å². The van der Waals surface area contributed by atoms with Crippen molar-refractivity contribution in [3.63, 3.8) is 0 Å². The first-order valence-corrected chi connectivity index (χ1v) is 11.2. The number of aromatic nitrogens is 6. The lowest BCUT2D eigenvalue weighted by Crippen LogP contribution is -2.38. The standard InChI is InChI=1S/C23H21ClN8O4/c1-13-7-27-19(9-26-13)31-22(34)18(11-35-14(2)10-33)36-23-16-8-30-32(21(16)28-12-29-23)20-15(6-25)4-3-5-17(20)24/h3-5,7-9,12,14,18,33H,10-11H2,1-2H3,(H,27,31,34). The number of nitrogens with zero attached hydrogens (tertiary/aromatic N) is 7. The average molecular weight is 509 g/mol. The molecule has 0 saturated heterocycles. The minimum atomic E-state index is -1.17. The van der Waals surface area contributed by atoms with Crippen molar-refractivity contribution in [3.8, 4) is 17.6 Å². The normalized spacial score (nSPS) is 12.6. The molecule has 1 aromatic carbocycles. The van der Waals surface area contributed by atoms with E-state index in [0.29, 0.717) is 33.0 Å². The Morgan fingerprint density at radius 1 is 1.25 bits per heavy atom. The molecule has 2 unspecified atom stereocenters. The first-order chi connectivity index (χ1) is 17.4. The number of halogens is 1. The molecule has 4 aromatic rings. The van der Waals surface area contributed by atoms with Gasteiger partial charge in [-0.15, -0.1) is 0 Å². The maximum atomic E-state index is 13.0. The molecule has 0 radical (unpaired) electrons. The van der Waals surface area contributed by atoms with E-state index >= 15 is 0 Å². The van der Waals surface area contributed by atoms with Crippen LogP contribution in [-0.2, 0) is 9.53 Å². The number of nitrogens with one attached hydrogen (secondary N) is 1. The molecule has 2 N–H and O–H groups in total. The summed E-state index contributed by atoms with van der Waals surface area (Å²) in [5, 5.41) is 26.5. The summed E-state index contributed by atoms with van der Waals surface area (Å²) in [5.41, 5.74) is 1.67. The fraction of sp³-hybridized carbons (Fsp3) is 0.261. The summed E-state index contributed by atoms with van der Waals surface area (Å²) in [4.78, 5) is 29.7. The van der Waals surface area contributed by atoms with Crippen LogP contribution in [0.2, 0.25) is 5.02 Å². The molecule has 36 heavy (non-hydrogen) atoms. The highest BCUT2D eigenvalue weighted by Gasteiger charge is 2.25. The summed E-state index contributed by atoms with van der Waals surface area (Å²) in [6.45, 7) is 3.01. The number of benzene rings is 1. The van der Waals surface area contributed by atoms with Crippen molar-refractivity contribution >= 4 is 34.4 Å². The second kappa shape index (κ2) is 11.0. The molecule has 12 nitrogen and oxygen atoms in total. The van der Waals surface area contributed by atoms with Gasteiger partial charge in [0.1, 0.15) is 23.5 Å². The number of aliphatic hydroxyl groups excluding tert-OH is 1. The largest absolute Gasteiger partial charge is 0.461 e. The van der Waals surface area contributed by atoms with E-state index in [-0.39, 0.29) is 24.9 Å². The van der Waals surface area contributed by atoms with Gasteiger partial charge in [-0.3, -0.25) is 9.78 Å². The molecule has 3 aromatic heterocycles. The van der Waals surface area contributed by atoms with Gasteiger partial charge >= 0.3 is 0 Å². The topological polar surface area (TPSA) is 161 Å². The van der Waals surface area contributed by atoms with Gasteiger partial charge in [-0.05, 0) is 26.0 Å². The van der Waals surface area contributed by atoms with Gasteiger partial charge in [0, 0.05) is 0 Å². The summed E-state index contributed by atoms with van der Waals surface area (Å²) in [7, 11) is 0. The second-order valence-corrected chi connectivity index (χ2v) is 8.09. The molecule has 4 rings (SSSR count). The van der Waals surface area contributed by atoms with Crippen LogP contribution in [0.3, 0.4) is 0 Å². The Labute approximate surface area is 210 Å². The van der Waals surface area contributed by atoms with Crippen LogP contribution in [0.1, 0.15) is 18.2 Å². The van der Waals surface area contributed by atoms with Crippen molar-refractivity contribution in [1.29, 1.82) is 5.26 Å². The number of aliphatic hydroxyl groups is 1. The molecule has 0 bridgehead atoms. The zero-order chi connectivity index (χ0) is 25.7. The summed E-state index contributed by atoms with van der Waals surface area (Å²) < 4.78 is 12.9. The predicted molar refractivity (Wildman–Crippen MR) is 129 cm³/mol. The molecule has 2 atom stereocenters. The van der Waals surface area contributed by atoms with Crippen LogP contribution in [0.15, 0.2) is 43.1 Å². The van der Waals surface area contributed by atoms with Gasteiger partial charge in [0.25, 0.3) is 5.91 Å². The van der Waals surface area contributed by atoms with E-state index in [0.717, 1.165) is 0 Å². The van der Waals surface area contributed by atoms with Crippen molar-refractivity contribution in [2.45, 2.75) is 26.1 Å². The molecule has 13 heteroatoms. The lowest BCUT2D eigenvalue weighted by Gasteiger charge is -2.20. The monoisotopic (exact) mass is 508 g/mol. The van der Waals surface area contributed by atoms with Gasteiger partial charge in [0.05, 0.1) is 54.2 Å². The summed E-state index contributed by atoms with van der Waals surface area (Å²) in [6.07, 6.45) is 3.94. The summed E-state index contributed by atoms with van der Waals surface area (Å²) in [5.74, 6) is -0.264. The molecular weight excluding hydrogens is 488 g/mol. The molecule has 1 amide bonds. The Balaban J connectivity index is 1.66. The Morgan fingerprint density at radius 2 is 2.08 bits per heavy atom. The highest BCUT2D eigenvalue weighted by atomic mass is 35.5. The molecule has 3 heterocycles. The summed E-state index contributed by atoms with van der Waals surface area (Å²) >= 11 is 6.35. The van der Waals surface area contributed by atoms with Gasteiger partial charge in [-0.2, -0.15) is 10.4 Å². The Bertz CT molecular complexity index is 1420. The zero-order valence-electron chi connectivity index (χ0n) is 19.3. The van der Waals surface area contributed by atoms with Crippen LogP contribution >= 0.6 is 11.6 Å². The molecule has 0 aliphatic heterocycles. The van der Waals surface area contributed by atoms with Crippen LogP contribution in [-0.4, -0.2) is 66.2 Å². The molecular formula is C23H21ClN8O4. The Hall–Kier alpha value is -4.18. The van der Waals surface area contributed by atoms with Crippen molar-refractivity contribution in [2.75, 3.05) is 18.5 Å². The maximum Gasteiger partial charge on any atom is 0.269 e. The number of hydrogen-bond donors (Lipinski definition) is 2. The number of carbonyl (C=O) groups is 1. The van der Waals surface area contributed by atoms with Gasteiger partial charge in [-0.1, -0.05) is 17.7 Å². The Morgan fingerprint density at radius 3 is 2.81 bits per heavy atom. The van der Waals surface area contributed by atoms with E-state index in [4.69, 9.17) is 21.1 Å². The number of carbonyl (C=O) groups excluding carboxylic acids is 1. The maximum absolute atomic E-state index is 13.0. The lowest BCUT2D eigenvalue weighted by molar-refractivity contribution is -0.127. The summed E-state index contributed by atoms with van der Waals surface area (Å²) in [6, 6.07) is 7.00. The third-order valence-corrected chi connectivity index (χ3v) is 5.32. The van der Waals surface area contributed by atoms with E-state index in [1.807, 2.05) is 0 Å². The fourth-order valence-electron chi connectivity index (χ4n) is 3.17. The second-order valence-electron chi connectivity index (χ2n) is 7.69. The van der Waals surface area contributed by atoms with Crippen LogP contribution in [0.5, 0.6) is 5.88 Å². The van der Waals surface area contributed by atoms with Crippen LogP contribution in [0, 0.1) is 18.3 Å². The van der Waals surface area contributed by atoms with Gasteiger partial charge < -0.3 is 19.9 Å².